The second-order valence-corrected chi connectivity index (χ2v) is 6.73. The van der Waals surface area contributed by atoms with Gasteiger partial charge in [0.1, 0.15) is 11.4 Å². The summed E-state index contributed by atoms with van der Waals surface area (Å²) in [5.41, 5.74) is 9.22. The fraction of sp³-hybridized carbons (Fsp3) is 0.474. The summed E-state index contributed by atoms with van der Waals surface area (Å²) in [5, 5.41) is 0. The van der Waals surface area contributed by atoms with Gasteiger partial charge in [0.05, 0.1) is 32.1 Å². The zero-order valence-electron chi connectivity index (χ0n) is 16.7. The number of carbonyl (C=O) groups excluding carboxylic acids is 1. The molecule has 9 nitrogen and oxygen atoms in total. The first-order valence-corrected chi connectivity index (χ1v) is 9.12. The van der Waals surface area contributed by atoms with Gasteiger partial charge in [0.2, 0.25) is 11.9 Å². The van der Waals surface area contributed by atoms with Gasteiger partial charge in [-0.15, -0.1) is 0 Å². The number of nitrogen functional groups attached to an aromatic ring is 1. The van der Waals surface area contributed by atoms with Crippen molar-refractivity contribution in [1.82, 2.24) is 15.0 Å². The SMILES string of the molecule is COCCCN1C(=O)CN(Cc2ncc(C)c(OC)c2C)c2nc(N)ncc21. The van der Waals surface area contributed by atoms with E-state index in [0.29, 0.717) is 31.2 Å². The molecule has 0 saturated carbocycles. The Morgan fingerprint density at radius 1 is 1.21 bits per heavy atom. The van der Waals surface area contributed by atoms with E-state index in [4.69, 9.17) is 15.2 Å². The number of rotatable bonds is 7. The van der Waals surface area contributed by atoms with Crippen molar-refractivity contribution in [2.24, 2.45) is 0 Å². The van der Waals surface area contributed by atoms with Crippen molar-refractivity contribution in [3.8, 4) is 5.75 Å². The van der Waals surface area contributed by atoms with E-state index in [1.54, 1.807) is 31.5 Å². The normalized spacial score (nSPS) is 13.6. The Kier molecular flexibility index (Phi) is 5.93. The Labute approximate surface area is 164 Å². The van der Waals surface area contributed by atoms with Crippen molar-refractivity contribution in [3.63, 3.8) is 0 Å². The van der Waals surface area contributed by atoms with Gasteiger partial charge in [-0.25, -0.2) is 4.98 Å². The third-order valence-corrected chi connectivity index (χ3v) is 4.81. The van der Waals surface area contributed by atoms with Crippen molar-refractivity contribution in [2.45, 2.75) is 26.8 Å². The lowest BCUT2D eigenvalue weighted by Gasteiger charge is -2.36. The van der Waals surface area contributed by atoms with Crippen molar-refractivity contribution in [3.05, 3.63) is 29.2 Å². The lowest BCUT2D eigenvalue weighted by molar-refractivity contribution is -0.117. The molecule has 0 spiro atoms. The average molecular weight is 386 g/mol. The molecule has 0 aliphatic carbocycles. The van der Waals surface area contributed by atoms with Gasteiger partial charge in [-0.05, 0) is 20.3 Å². The van der Waals surface area contributed by atoms with E-state index in [1.165, 1.54) is 0 Å². The number of aromatic nitrogens is 3. The van der Waals surface area contributed by atoms with Gasteiger partial charge in [-0.2, -0.15) is 4.98 Å². The topological polar surface area (TPSA) is 107 Å². The third-order valence-electron chi connectivity index (χ3n) is 4.81. The fourth-order valence-electron chi connectivity index (χ4n) is 3.41. The van der Waals surface area contributed by atoms with E-state index in [2.05, 4.69) is 15.0 Å². The maximum Gasteiger partial charge on any atom is 0.246 e. The summed E-state index contributed by atoms with van der Waals surface area (Å²) < 4.78 is 10.6. The molecule has 3 rings (SSSR count). The number of carbonyl (C=O) groups is 1. The van der Waals surface area contributed by atoms with Crippen LogP contribution in [0.3, 0.4) is 0 Å². The smallest absolute Gasteiger partial charge is 0.246 e. The predicted molar refractivity (Wildman–Crippen MR) is 107 cm³/mol. The molecule has 1 amide bonds. The number of methoxy groups -OCH3 is 2. The molecule has 3 heterocycles. The van der Waals surface area contributed by atoms with Gasteiger partial charge >= 0.3 is 0 Å². The Balaban J connectivity index is 1.93. The van der Waals surface area contributed by atoms with Crippen molar-refractivity contribution < 1.29 is 14.3 Å². The van der Waals surface area contributed by atoms with Crippen LogP contribution < -0.4 is 20.3 Å². The number of anilines is 3. The molecular weight excluding hydrogens is 360 g/mol. The highest BCUT2D eigenvalue weighted by Crippen LogP contribution is 2.34. The molecule has 1 aliphatic rings. The van der Waals surface area contributed by atoms with Crippen molar-refractivity contribution in [2.75, 3.05) is 49.4 Å². The summed E-state index contributed by atoms with van der Waals surface area (Å²) in [6.45, 7) is 5.64. The van der Waals surface area contributed by atoms with Gasteiger partial charge < -0.3 is 25.0 Å². The van der Waals surface area contributed by atoms with Gasteiger partial charge in [0, 0.05) is 37.6 Å². The minimum Gasteiger partial charge on any atom is -0.496 e. The number of fused-ring (bicyclic) bond motifs is 1. The first-order valence-electron chi connectivity index (χ1n) is 9.12. The predicted octanol–water partition coefficient (Wildman–Crippen LogP) is 1.47. The highest BCUT2D eigenvalue weighted by Gasteiger charge is 2.31. The minimum absolute atomic E-state index is 0.0197. The molecule has 0 saturated heterocycles. The molecule has 150 valence electrons. The highest BCUT2D eigenvalue weighted by atomic mass is 16.5. The van der Waals surface area contributed by atoms with E-state index in [1.807, 2.05) is 18.7 Å². The van der Waals surface area contributed by atoms with Crippen LogP contribution in [0.4, 0.5) is 17.5 Å². The number of pyridine rings is 1. The lowest BCUT2D eigenvalue weighted by atomic mass is 10.1. The van der Waals surface area contributed by atoms with Crippen molar-refractivity contribution >= 4 is 23.4 Å². The second kappa shape index (κ2) is 8.39. The zero-order valence-corrected chi connectivity index (χ0v) is 16.7. The van der Waals surface area contributed by atoms with Crippen LogP contribution >= 0.6 is 0 Å². The molecule has 2 aromatic heterocycles. The quantitative estimate of drug-likeness (QED) is 0.713. The summed E-state index contributed by atoms with van der Waals surface area (Å²) in [5.74, 6) is 1.58. The summed E-state index contributed by atoms with van der Waals surface area (Å²) in [6, 6.07) is 0. The molecule has 0 atom stereocenters. The third kappa shape index (κ3) is 3.84. The molecule has 0 aromatic carbocycles. The van der Waals surface area contributed by atoms with Crippen LogP contribution in [0, 0.1) is 13.8 Å². The van der Waals surface area contributed by atoms with Gasteiger partial charge in [-0.3, -0.25) is 9.78 Å². The molecule has 0 unspecified atom stereocenters. The largest absolute Gasteiger partial charge is 0.496 e. The van der Waals surface area contributed by atoms with Crippen LogP contribution in [0.2, 0.25) is 0 Å². The lowest BCUT2D eigenvalue weighted by Crippen LogP contribution is -2.47. The Hall–Kier alpha value is -2.94. The van der Waals surface area contributed by atoms with Crippen LogP contribution in [-0.2, 0) is 16.1 Å². The molecular formula is C19H26N6O3. The summed E-state index contributed by atoms with van der Waals surface area (Å²) >= 11 is 0. The Morgan fingerprint density at radius 2 is 2.00 bits per heavy atom. The van der Waals surface area contributed by atoms with Gasteiger partial charge in [-0.1, -0.05) is 0 Å². The second-order valence-electron chi connectivity index (χ2n) is 6.73. The van der Waals surface area contributed by atoms with E-state index in [-0.39, 0.29) is 18.4 Å². The standard InChI is InChI=1S/C19H26N6O3/c1-12-8-21-14(13(2)17(12)28-4)10-24-11-16(26)25(6-5-7-27-3)15-9-22-19(20)23-18(15)24/h8-9H,5-7,10-11H2,1-4H3,(H2,20,22,23). The molecule has 9 heteroatoms. The minimum atomic E-state index is -0.0197. The monoisotopic (exact) mass is 386 g/mol. The number of hydrogen-bond acceptors (Lipinski definition) is 8. The molecule has 0 radical (unpaired) electrons. The fourth-order valence-corrected chi connectivity index (χ4v) is 3.41. The molecule has 0 fully saturated rings. The van der Waals surface area contributed by atoms with Crippen LogP contribution in [0.15, 0.2) is 12.4 Å². The molecule has 0 bridgehead atoms. The first-order chi connectivity index (χ1) is 13.5. The Bertz CT molecular complexity index is 873. The number of ether oxygens (including phenoxy) is 2. The van der Waals surface area contributed by atoms with Gasteiger partial charge in [0.15, 0.2) is 5.82 Å². The van der Waals surface area contributed by atoms with Crippen LogP contribution in [0.5, 0.6) is 5.75 Å². The molecule has 28 heavy (non-hydrogen) atoms. The van der Waals surface area contributed by atoms with Crippen LogP contribution in [0.1, 0.15) is 23.2 Å². The van der Waals surface area contributed by atoms with E-state index in [9.17, 15) is 4.79 Å². The van der Waals surface area contributed by atoms with Crippen LogP contribution in [-0.4, -0.2) is 54.8 Å². The molecule has 2 aromatic rings. The molecule has 2 N–H and O–H groups in total. The van der Waals surface area contributed by atoms with Crippen LogP contribution in [0.25, 0.3) is 0 Å². The number of hydrogen-bond donors (Lipinski definition) is 1. The van der Waals surface area contributed by atoms with Gasteiger partial charge in [0.25, 0.3) is 0 Å². The Morgan fingerprint density at radius 3 is 2.71 bits per heavy atom. The van der Waals surface area contributed by atoms with E-state index in [0.717, 1.165) is 29.0 Å². The number of nitrogens with zero attached hydrogens (tertiary/aromatic N) is 5. The molecule has 1 aliphatic heterocycles. The number of nitrogens with two attached hydrogens (primary N) is 1. The van der Waals surface area contributed by atoms with Crippen molar-refractivity contribution in [1.29, 1.82) is 0 Å². The average Bonchev–Trinajstić information content (AvgIpc) is 2.67. The highest BCUT2D eigenvalue weighted by molar-refractivity contribution is 6.02. The maximum atomic E-state index is 12.8. The summed E-state index contributed by atoms with van der Waals surface area (Å²) in [7, 11) is 3.29. The maximum absolute atomic E-state index is 12.8. The number of amides is 1. The summed E-state index contributed by atoms with van der Waals surface area (Å²) in [4.78, 5) is 29.4. The number of aryl methyl sites for hydroxylation is 1. The van der Waals surface area contributed by atoms with E-state index >= 15 is 0 Å². The zero-order chi connectivity index (χ0) is 20.3. The summed E-state index contributed by atoms with van der Waals surface area (Å²) in [6.07, 6.45) is 4.10. The first kappa shape index (κ1) is 19.8. The van der Waals surface area contributed by atoms with E-state index < -0.39 is 0 Å².